The molecule has 1 aromatic carbocycles. The molecule has 0 saturated carbocycles. The van der Waals surface area contributed by atoms with Gasteiger partial charge >= 0.3 is 0 Å². The molecular weight excluding hydrogens is 273 g/mol. The first-order valence-corrected chi connectivity index (χ1v) is 7.30. The summed E-state index contributed by atoms with van der Waals surface area (Å²) in [7, 11) is 0. The van der Waals surface area contributed by atoms with E-state index >= 15 is 0 Å². The number of hydrogen-bond acceptors (Lipinski definition) is 4. The van der Waals surface area contributed by atoms with Crippen LogP contribution >= 0.6 is 0 Å². The van der Waals surface area contributed by atoms with E-state index in [2.05, 4.69) is 15.5 Å². The van der Waals surface area contributed by atoms with Gasteiger partial charge in [0.2, 0.25) is 5.91 Å². The van der Waals surface area contributed by atoms with E-state index in [1.807, 2.05) is 0 Å². The van der Waals surface area contributed by atoms with Crippen LogP contribution in [0.5, 0.6) is 0 Å². The van der Waals surface area contributed by atoms with E-state index in [0.29, 0.717) is 5.69 Å². The summed E-state index contributed by atoms with van der Waals surface area (Å²) in [5.74, 6) is -0.429. The molecule has 1 aromatic rings. The van der Waals surface area contributed by atoms with Crippen LogP contribution in [-0.2, 0) is 9.53 Å². The number of hydrogen-bond donors (Lipinski definition) is 2. The molecule has 1 amide bonds. The van der Waals surface area contributed by atoms with E-state index in [9.17, 15) is 9.18 Å². The van der Waals surface area contributed by atoms with Crippen molar-refractivity contribution in [2.24, 2.45) is 0 Å². The summed E-state index contributed by atoms with van der Waals surface area (Å²) >= 11 is 0. The van der Waals surface area contributed by atoms with Crippen LogP contribution in [0, 0.1) is 5.82 Å². The van der Waals surface area contributed by atoms with Crippen LogP contribution in [0.4, 0.5) is 10.1 Å². The molecule has 0 spiro atoms. The maximum absolute atomic E-state index is 12.7. The van der Waals surface area contributed by atoms with E-state index in [4.69, 9.17) is 4.74 Å². The normalized spacial score (nSPS) is 15.9. The Morgan fingerprint density at radius 2 is 1.95 bits per heavy atom. The van der Waals surface area contributed by atoms with Gasteiger partial charge in [0, 0.05) is 18.8 Å². The smallest absolute Gasteiger partial charge is 0.238 e. The minimum Gasteiger partial charge on any atom is -0.379 e. The third-order valence-electron chi connectivity index (χ3n) is 3.35. The van der Waals surface area contributed by atoms with Crippen molar-refractivity contribution >= 4 is 11.6 Å². The van der Waals surface area contributed by atoms with Gasteiger partial charge in [-0.2, -0.15) is 0 Å². The fourth-order valence-corrected chi connectivity index (χ4v) is 2.19. The molecule has 0 aromatic heterocycles. The fourth-order valence-electron chi connectivity index (χ4n) is 2.19. The first-order chi connectivity index (χ1) is 10.2. The summed E-state index contributed by atoms with van der Waals surface area (Å²) in [4.78, 5) is 14.0. The molecule has 116 valence electrons. The summed E-state index contributed by atoms with van der Waals surface area (Å²) in [6.45, 7) is 5.70. The predicted octanol–water partition coefficient (Wildman–Crippen LogP) is 1.08. The van der Waals surface area contributed by atoms with E-state index in [1.54, 1.807) is 12.1 Å². The third kappa shape index (κ3) is 6.20. The summed E-state index contributed by atoms with van der Waals surface area (Å²) in [5, 5.41) is 5.83. The van der Waals surface area contributed by atoms with Gasteiger partial charge in [-0.1, -0.05) is 0 Å². The number of nitrogens with zero attached hydrogens (tertiary/aromatic N) is 1. The Morgan fingerprint density at radius 3 is 2.67 bits per heavy atom. The summed E-state index contributed by atoms with van der Waals surface area (Å²) < 4.78 is 18.0. The summed E-state index contributed by atoms with van der Waals surface area (Å²) in [5.41, 5.74) is 0.608. The zero-order chi connectivity index (χ0) is 14.9. The third-order valence-corrected chi connectivity index (χ3v) is 3.35. The van der Waals surface area contributed by atoms with Crippen molar-refractivity contribution in [1.29, 1.82) is 0 Å². The molecule has 21 heavy (non-hydrogen) atoms. The second-order valence-corrected chi connectivity index (χ2v) is 5.04. The molecule has 1 saturated heterocycles. The molecule has 1 aliphatic rings. The van der Waals surface area contributed by atoms with Crippen molar-refractivity contribution in [3.63, 3.8) is 0 Å². The lowest BCUT2D eigenvalue weighted by atomic mass is 10.3. The van der Waals surface area contributed by atoms with Crippen LogP contribution in [-0.4, -0.2) is 56.7 Å². The highest BCUT2D eigenvalue weighted by Gasteiger charge is 2.09. The Labute approximate surface area is 124 Å². The zero-order valence-electron chi connectivity index (χ0n) is 12.1. The highest BCUT2D eigenvalue weighted by atomic mass is 19.1. The number of benzene rings is 1. The Morgan fingerprint density at radius 1 is 1.24 bits per heavy atom. The van der Waals surface area contributed by atoms with E-state index in [-0.39, 0.29) is 18.3 Å². The van der Waals surface area contributed by atoms with E-state index in [0.717, 1.165) is 45.8 Å². The monoisotopic (exact) mass is 295 g/mol. The van der Waals surface area contributed by atoms with Gasteiger partial charge in [0.05, 0.1) is 19.8 Å². The Balaban J connectivity index is 1.53. The Bertz CT molecular complexity index is 433. The number of anilines is 1. The number of amides is 1. The molecule has 0 unspecified atom stereocenters. The first kappa shape index (κ1) is 15.9. The number of carbonyl (C=O) groups is 1. The highest BCUT2D eigenvalue weighted by Crippen LogP contribution is 2.07. The van der Waals surface area contributed by atoms with Gasteiger partial charge in [-0.15, -0.1) is 0 Å². The molecule has 0 bridgehead atoms. The van der Waals surface area contributed by atoms with Gasteiger partial charge in [-0.3, -0.25) is 9.69 Å². The van der Waals surface area contributed by atoms with Crippen LogP contribution < -0.4 is 10.6 Å². The standard InChI is InChI=1S/C15H22FN3O2/c16-13-2-4-14(5-3-13)18-15(20)12-17-6-1-7-19-8-10-21-11-9-19/h2-5,17H,1,6-12H2,(H,18,20). The fraction of sp³-hybridized carbons (Fsp3) is 0.533. The zero-order valence-corrected chi connectivity index (χ0v) is 12.1. The average molecular weight is 295 g/mol. The molecule has 2 rings (SSSR count). The lowest BCUT2D eigenvalue weighted by molar-refractivity contribution is -0.115. The molecular formula is C15H22FN3O2. The molecule has 5 nitrogen and oxygen atoms in total. The second kappa shape index (κ2) is 8.71. The van der Waals surface area contributed by atoms with Crippen molar-refractivity contribution in [3.05, 3.63) is 30.1 Å². The molecule has 2 N–H and O–H groups in total. The van der Waals surface area contributed by atoms with E-state index in [1.165, 1.54) is 12.1 Å². The van der Waals surface area contributed by atoms with Crippen LogP contribution in [0.1, 0.15) is 6.42 Å². The van der Waals surface area contributed by atoms with Crippen molar-refractivity contribution in [2.75, 3.05) is 51.3 Å². The van der Waals surface area contributed by atoms with Gasteiger partial charge in [0.25, 0.3) is 0 Å². The molecule has 6 heteroatoms. The quantitative estimate of drug-likeness (QED) is 0.739. The number of halogens is 1. The lowest BCUT2D eigenvalue weighted by Gasteiger charge is -2.26. The second-order valence-electron chi connectivity index (χ2n) is 5.04. The highest BCUT2D eigenvalue weighted by molar-refractivity contribution is 5.92. The number of morpholine rings is 1. The SMILES string of the molecule is O=C(CNCCCN1CCOCC1)Nc1ccc(F)cc1. The van der Waals surface area contributed by atoms with Gasteiger partial charge in [-0.25, -0.2) is 4.39 Å². The molecule has 1 fully saturated rings. The van der Waals surface area contributed by atoms with Crippen molar-refractivity contribution in [3.8, 4) is 0 Å². The van der Waals surface area contributed by atoms with Crippen LogP contribution in [0.3, 0.4) is 0 Å². The number of ether oxygens (including phenoxy) is 1. The first-order valence-electron chi connectivity index (χ1n) is 7.30. The van der Waals surface area contributed by atoms with Crippen LogP contribution in [0.2, 0.25) is 0 Å². The number of carbonyl (C=O) groups excluding carboxylic acids is 1. The molecule has 0 atom stereocenters. The molecule has 1 heterocycles. The maximum atomic E-state index is 12.7. The predicted molar refractivity (Wildman–Crippen MR) is 79.8 cm³/mol. The Hall–Kier alpha value is -1.50. The van der Waals surface area contributed by atoms with Gasteiger partial charge in [-0.05, 0) is 43.8 Å². The average Bonchev–Trinajstić information content (AvgIpc) is 2.50. The topological polar surface area (TPSA) is 53.6 Å². The Kier molecular flexibility index (Phi) is 6.59. The molecule has 1 aliphatic heterocycles. The summed E-state index contributed by atoms with van der Waals surface area (Å²) in [6, 6.07) is 5.74. The van der Waals surface area contributed by atoms with Crippen LogP contribution in [0.15, 0.2) is 24.3 Å². The summed E-state index contributed by atoms with van der Waals surface area (Å²) in [6.07, 6.45) is 1.00. The van der Waals surface area contributed by atoms with E-state index < -0.39 is 0 Å². The number of nitrogens with one attached hydrogen (secondary N) is 2. The minimum absolute atomic E-state index is 0.118. The van der Waals surface area contributed by atoms with Crippen LogP contribution in [0.25, 0.3) is 0 Å². The van der Waals surface area contributed by atoms with Gasteiger partial charge in [0.15, 0.2) is 0 Å². The molecule has 0 radical (unpaired) electrons. The van der Waals surface area contributed by atoms with Gasteiger partial charge in [0.1, 0.15) is 5.82 Å². The minimum atomic E-state index is -0.311. The largest absolute Gasteiger partial charge is 0.379 e. The van der Waals surface area contributed by atoms with Crippen molar-refractivity contribution in [1.82, 2.24) is 10.2 Å². The number of rotatable bonds is 7. The van der Waals surface area contributed by atoms with Crippen molar-refractivity contribution < 1.29 is 13.9 Å². The maximum Gasteiger partial charge on any atom is 0.238 e. The molecule has 0 aliphatic carbocycles. The lowest BCUT2D eigenvalue weighted by Crippen LogP contribution is -2.38. The van der Waals surface area contributed by atoms with Crippen molar-refractivity contribution in [2.45, 2.75) is 6.42 Å². The van der Waals surface area contributed by atoms with Gasteiger partial charge < -0.3 is 15.4 Å².